The van der Waals surface area contributed by atoms with Crippen molar-refractivity contribution < 1.29 is 19.1 Å². The van der Waals surface area contributed by atoms with Crippen molar-refractivity contribution in [1.82, 2.24) is 15.3 Å². The first kappa shape index (κ1) is 28.9. The van der Waals surface area contributed by atoms with Gasteiger partial charge in [0.25, 0.3) is 5.91 Å². The second-order valence-electron chi connectivity index (χ2n) is 9.07. The van der Waals surface area contributed by atoms with Crippen LogP contribution in [-0.2, 0) is 16.0 Å². The number of carbonyl (C=O) groups is 2. The predicted octanol–water partition coefficient (Wildman–Crippen LogP) is 1.94. The summed E-state index contributed by atoms with van der Waals surface area (Å²) in [6.45, 7) is 0.483. The number of aryl methyl sites for hydroxylation is 1. The van der Waals surface area contributed by atoms with Gasteiger partial charge < -0.3 is 32.4 Å². The molecule has 206 valence electrons. The van der Waals surface area contributed by atoms with Gasteiger partial charge in [-0.1, -0.05) is 30.2 Å². The number of rotatable bonds is 11. The Morgan fingerprint density at radius 3 is 2.50 bits per heavy atom. The van der Waals surface area contributed by atoms with Gasteiger partial charge in [-0.2, -0.15) is 0 Å². The van der Waals surface area contributed by atoms with Crippen molar-refractivity contribution in [3.63, 3.8) is 0 Å². The van der Waals surface area contributed by atoms with Crippen LogP contribution in [0, 0.1) is 0 Å². The first-order valence-corrected chi connectivity index (χ1v) is 13.0. The molecule has 1 aliphatic rings. The van der Waals surface area contributed by atoms with Crippen LogP contribution in [0.5, 0.6) is 5.75 Å². The summed E-state index contributed by atoms with van der Waals surface area (Å²) >= 11 is 5.79. The zero-order valence-corrected chi connectivity index (χ0v) is 22.0. The summed E-state index contributed by atoms with van der Waals surface area (Å²) in [4.78, 5) is 36.1. The Morgan fingerprint density at radius 1 is 1.08 bits per heavy atom. The fourth-order valence-electron chi connectivity index (χ4n) is 3.91. The Kier molecular flexibility index (Phi) is 10.9. The Hall–Kier alpha value is -3.64. The number of carbonyl (C=O) groups excluding carboxylic acids is 2. The number of esters is 1. The average molecular weight is 547 g/mol. The summed E-state index contributed by atoms with van der Waals surface area (Å²) in [6.07, 6.45) is 7.58. The maximum Gasteiger partial charge on any atom is 0.326 e. The van der Waals surface area contributed by atoms with Crippen LogP contribution in [0.3, 0.4) is 0 Å². The Bertz CT molecular complexity index is 1120. The van der Waals surface area contributed by atoms with E-state index in [1.165, 1.54) is 6.42 Å². The van der Waals surface area contributed by atoms with Crippen LogP contribution in [0.4, 0.5) is 11.6 Å². The molecule has 0 radical (unpaired) electrons. The van der Waals surface area contributed by atoms with Gasteiger partial charge in [0.1, 0.15) is 24.5 Å². The molecule has 38 heavy (non-hydrogen) atoms. The number of guanidine groups is 1. The number of aromatic nitrogens is 2. The van der Waals surface area contributed by atoms with Crippen molar-refractivity contribution >= 4 is 41.1 Å². The lowest BCUT2D eigenvalue weighted by Crippen LogP contribution is -2.40. The number of aliphatic imine (C=N–C) groups is 1. The fraction of sp³-hybridized carbons (Fsp3) is 0.480. The number of hydrogen-bond acceptors (Lipinski definition) is 10. The summed E-state index contributed by atoms with van der Waals surface area (Å²) in [5.74, 6) is -0.748. The van der Waals surface area contributed by atoms with E-state index in [0.717, 1.165) is 50.5 Å². The largest absolute Gasteiger partial charge is 0.491 e. The number of nitrogens with two attached hydrogens (primary N) is 4. The second kappa shape index (κ2) is 14.3. The number of amides is 1. The molecule has 12 nitrogen and oxygen atoms in total. The van der Waals surface area contributed by atoms with E-state index >= 15 is 0 Å². The van der Waals surface area contributed by atoms with Crippen LogP contribution in [0.2, 0.25) is 5.15 Å². The SMILES string of the molecule is NC(=NCCCCc1ccc(OC[C@H](N)C(=O)OC2CCCCC2)cc1)NC(=O)c1nc(Cl)c(N)nc1N. The second-order valence-corrected chi connectivity index (χ2v) is 9.43. The number of benzene rings is 1. The minimum absolute atomic E-state index is 0.0223. The summed E-state index contributed by atoms with van der Waals surface area (Å²) in [6, 6.07) is 6.80. The van der Waals surface area contributed by atoms with E-state index in [4.69, 9.17) is 44.0 Å². The van der Waals surface area contributed by atoms with Gasteiger partial charge in [-0.25, -0.2) is 9.97 Å². The van der Waals surface area contributed by atoms with E-state index in [9.17, 15) is 9.59 Å². The molecule has 1 aromatic heterocycles. The zero-order chi connectivity index (χ0) is 27.5. The van der Waals surface area contributed by atoms with Crippen LogP contribution in [0.1, 0.15) is 61.0 Å². The number of nitrogen functional groups attached to an aromatic ring is 2. The van der Waals surface area contributed by atoms with Gasteiger partial charge in [0.15, 0.2) is 28.4 Å². The summed E-state index contributed by atoms with van der Waals surface area (Å²) in [7, 11) is 0. The van der Waals surface area contributed by atoms with Crippen molar-refractivity contribution in [2.45, 2.75) is 63.5 Å². The Balaban J connectivity index is 1.33. The zero-order valence-electron chi connectivity index (χ0n) is 21.2. The molecule has 9 N–H and O–H groups in total. The maximum absolute atomic E-state index is 12.2. The molecular weight excluding hydrogens is 512 g/mol. The monoisotopic (exact) mass is 546 g/mol. The number of nitrogens with zero attached hydrogens (tertiary/aromatic N) is 3. The van der Waals surface area contributed by atoms with E-state index in [-0.39, 0.29) is 41.2 Å². The molecule has 1 heterocycles. The molecule has 1 atom stereocenters. The highest BCUT2D eigenvalue weighted by Crippen LogP contribution is 2.21. The number of nitrogens with one attached hydrogen (secondary N) is 1. The summed E-state index contributed by atoms with van der Waals surface area (Å²) < 4.78 is 11.2. The lowest BCUT2D eigenvalue weighted by molar-refractivity contribution is -0.152. The van der Waals surface area contributed by atoms with Crippen LogP contribution < -0.4 is 33.0 Å². The third kappa shape index (κ3) is 9.03. The van der Waals surface area contributed by atoms with Gasteiger partial charge in [0.05, 0.1) is 0 Å². The van der Waals surface area contributed by atoms with Gasteiger partial charge >= 0.3 is 5.97 Å². The summed E-state index contributed by atoms with van der Waals surface area (Å²) in [5, 5.41) is 2.27. The van der Waals surface area contributed by atoms with E-state index in [2.05, 4.69) is 20.3 Å². The number of halogens is 1. The molecule has 1 amide bonds. The molecule has 1 aliphatic carbocycles. The lowest BCUT2D eigenvalue weighted by Gasteiger charge is -2.23. The highest BCUT2D eigenvalue weighted by molar-refractivity contribution is 6.31. The highest BCUT2D eigenvalue weighted by Gasteiger charge is 2.22. The van der Waals surface area contributed by atoms with Gasteiger partial charge in [0.2, 0.25) is 0 Å². The van der Waals surface area contributed by atoms with Crippen LogP contribution in [0.15, 0.2) is 29.3 Å². The first-order chi connectivity index (χ1) is 18.2. The molecule has 0 unspecified atom stereocenters. The third-order valence-corrected chi connectivity index (χ3v) is 6.29. The topological polar surface area (TPSA) is 207 Å². The van der Waals surface area contributed by atoms with Gasteiger partial charge in [-0.15, -0.1) is 0 Å². The number of hydrogen-bond donors (Lipinski definition) is 5. The number of ether oxygens (including phenoxy) is 2. The highest BCUT2D eigenvalue weighted by atomic mass is 35.5. The van der Waals surface area contributed by atoms with Crippen molar-refractivity contribution in [1.29, 1.82) is 0 Å². The minimum atomic E-state index is -0.816. The van der Waals surface area contributed by atoms with Gasteiger partial charge in [-0.05, 0) is 62.6 Å². The molecule has 0 spiro atoms. The molecule has 2 aromatic rings. The molecule has 0 bridgehead atoms. The van der Waals surface area contributed by atoms with E-state index in [0.29, 0.717) is 12.3 Å². The summed E-state index contributed by atoms with van der Waals surface area (Å²) in [5.41, 5.74) is 23.8. The van der Waals surface area contributed by atoms with Crippen LogP contribution in [0.25, 0.3) is 0 Å². The average Bonchev–Trinajstić information content (AvgIpc) is 2.90. The third-order valence-electron chi connectivity index (χ3n) is 6.01. The van der Waals surface area contributed by atoms with Gasteiger partial charge in [-0.3, -0.25) is 19.9 Å². The normalized spacial score (nSPS) is 15.1. The Morgan fingerprint density at radius 2 is 1.79 bits per heavy atom. The smallest absolute Gasteiger partial charge is 0.326 e. The molecular formula is C25H35ClN8O4. The predicted molar refractivity (Wildman–Crippen MR) is 146 cm³/mol. The van der Waals surface area contributed by atoms with Crippen molar-refractivity contribution in [3.8, 4) is 5.75 Å². The van der Waals surface area contributed by atoms with Crippen molar-refractivity contribution in [2.75, 3.05) is 24.6 Å². The molecule has 3 rings (SSSR count). The number of unbranched alkanes of at least 4 members (excludes halogenated alkanes) is 1. The molecule has 1 saturated carbocycles. The maximum atomic E-state index is 12.2. The lowest BCUT2D eigenvalue weighted by atomic mass is 9.98. The molecule has 0 aliphatic heterocycles. The van der Waals surface area contributed by atoms with Crippen LogP contribution in [-0.4, -0.2) is 53.1 Å². The quantitative estimate of drug-likeness (QED) is 0.120. The fourth-order valence-corrected chi connectivity index (χ4v) is 4.03. The first-order valence-electron chi connectivity index (χ1n) is 12.6. The van der Waals surface area contributed by atoms with E-state index in [1.807, 2.05) is 24.3 Å². The Labute approximate surface area is 226 Å². The van der Waals surface area contributed by atoms with Crippen LogP contribution >= 0.6 is 11.6 Å². The van der Waals surface area contributed by atoms with Crippen molar-refractivity contribution in [3.05, 3.63) is 40.7 Å². The molecule has 1 aromatic carbocycles. The molecule has 0 saturated heterocycles. The van der Waals surface area contributed by atoms with E-state index < -0.39 is 17.9 Å². The minimum Gasteiger partial charge on any atom is -0.491 e. The van der Waals surface area contributed by atoms with Gasteiger partial charge in [0, 0.05) is 6.54 Å². The van der Waals surface area contributed by atoms with E-state index in [1.54, 1.807) is 0 Å². The molecule has 1 fully saturated rings. The molecule has 13 heteroatoms. The standard InChI is InChI=1S/C25H35ClN8O4/c26-20-22(29)33-21(28)19(32-20)23(35)34-25(30)31-13-5-4-6-15-9-11-16(12-10-15)37-14-18(27)24(36)38-17-7-2-1-3-8-17/h9-12,17-18H,1-8,13-14,27H2,(H4,28,29,33)(H3,30,31,34,35)/t18-/m0/s1. The van der Waals surface area contributed by atoms with Crippen molar-refractivity contribution in [2.24, 2.45) is 16.5 Å². The number of anilines is 2.